The topological polar surface area (TPSA) is 73.9 Å². The molecular formula is C14H15NO5. The summed E-state index contributed by atoms with van der Waals surface area (Å²) < 4.78 is 23.7. The fraction of sp³-hybridized carbons (Fsp3) is 0.143. The summed E-state index contributed by atoms with van der Waals surface area (Å²) in [6.45, 7) is -0.562. The van der Waals surface area contributed by atoms with E-state index >= 15 is 0 Å². The number of hydrogen-bond acceptors (Lipinski definition) is 6. The lowest BCUT2D eigenvalue weighted by molar-refractivity contribution is -0.142. The zero-order chi connectivity index (χ0) is 16.5. The molecule has 0 radical (unpaired) electrons. The summed E-state index contributed by atoms with van der Waals surface area (Å²) in [7, 11) is 2.26. The standard InChI is InChI=1S/C14H15NO5/c1-10(11-7-5-4-6-8-11)15-20-12(14(17)19-3)9-13(16)18-2/h4-9,15H,1H2,2-3H3/b12-9-/i1D2. The molecule has 20 heavy (non-hydrogen) atoms. The van der Waals surface area contributed by atoms with Gasteiger partial charge in [0.25, 0.3) is 0 Å². The van der Waals surface area contributed by atoms with Crippen LogP contribution in [-0.2, 0) is 23.9 Å². The second kappa shape index (κ2) is 7.63. The predicted molar refractivity (Wildman–Crippen MR) is 71.8 cm³/mol. The van der Waals surface area contributed by atoms with Crippen molar-refractivity contribution in [3.63, 3.8) is 0 Å². The number of benzene rings is 1. The van der Waals surface area contributed by atoms with Crippen molar-refractivity contribution in [3.05, 3.63) is 54.3 Å². The van der Waals surface area contributed by atoms with E-state index < -0.39 is 24.2 Å². The third-order valence-corrected chi connectivity index (χ3v) is 2.16. The summed E-state index contributed by atoms with van der Waals surface area (Å²) in [5, 5.41) is 0. The number of methoxy groups -OCH3 is 2. The first-order chi connectivity index (χ1) is 10.5. The highest BCUT2D eigenvalue weighted by molar-refractivity contribution is 5.94. The highest BCUT2D eigenvalue weighted by atomic mass is 16.7. The molecule has 0 aliphatic carbocycles. The van der Waals surface area contributed by atoms with Crippen LogP contribution < -0.4 is 5.48 Å². The smallest absolute Gasteiger partial charge is 0.376 e. The Balaban J connectivity index is 2.95. The average molecular weight is 279 g/mol. The zero-order valence-corrected chi connectivity index (χ0v) is 11.0. The van der Waals surface area contributed by atoms with Gasteiger partial charge in [0.1, 0.15) is 0 Å². The van der Waals surface area contributed by atoms with Gasteiger partial charge in [0.15, 0.2) is 0 Å². The van der Waals surface area contributed by atoms with E-state index in [4.69, 9.17) is 7.58 Å². The van der Waals surface area contributed by atoms with Gasteiger partial charge in [0.2, 0.25) is 5.76 Å². The fourth-order valence-corrected chi connectivity index (χ4v) is 1.17. The van der Waals surface area contributed by atoms with E-state index in [0.29, 0.717) is 5.56 Å². The zero-order valence-electron chi connectivity index (χ0n) is 13.0. The summed E-state index contributed by atoms with van der Waals surface area (Å²) >= 11 is 0. The van der Waals surface area contributed by atoms with E-state index in [2.05, 4.69) is 15.0 Å². The van der Waals surface area contributed by atoms with Gasteiger partial charge in [-0.15, -0.1) is 0 Å². The van der Waals surface area contributed by atoms with Crippen LogP contribution in [0.1, 0.15) is 8.30 Å². The molecule has 6 heteroatoms. The Morgan fingerprint density at radius 3 is 2.50 bits per heavy atom. The Kier molecular flexibility index (Phi) is 4.68. The van der Waals surface area contributed by atoms with Crippen molar-refractivity contribution in [1.82, 2.24) is 5.48 Å². The van der Waals surface area contributed by atoms with Gasteiger partial charge in [-0.05, 0) is 0 Å². The van der Waals surface area contributed by atoms with Gasteiger partial charge in [-0.1, -0.05) is 36.9 Å². The first-order valence-corrected chi connectivity index (χ1v) is 5.53. The predicted octanol–water partition coefficient (Wildman–Crippen LogP) is 1.41. The molecule has 0 saturated carbocycles. The van der Waals surface area contributed by atoms with E-state index in [-0.39, 0.29) is 5.70 Å². The van der Waals surface area contributed by atoms with Crippen molar-refractivity contribution in [3.8, 4) is 0 Å². The third-order valence-electron chi connectivity index (χ3n) is 2.16. The molecule has 0 aromatic heterocycles. The van der Waals surface area contributed by atoms with E-state index in [0.717, 1.165) is 20.3 Å². The van der Waals surface area contributed by atoms with Gasteiger partial charge in [0.05, 0.1) is 28.7 Å². The monoisotopic (exact) mass is 279 g/mol. The molecule has 0 aliphatic heterocycles. The molecule has 1 aromatic rings. The van der Waals surface area contributed by atoms with Crippen LogP contribution in [-0.4, -0.2) is 26.2 Å². The van der Waals surface area contributed by atoms with Gasteiger partial charge in [-0.3, -0.25) is 0 Å². The lowest BCUT2D eigenvalue weighted by Crippen LogP contribution is -2.19. The molecule has 1 N–H and O–H groups in total. The molecule has 0 atom stereocenters. The Morgan fingerprint density at radius 1 is 1.25 bits per heavy atom. The number of carbonyl (C=O) groups excluding carboxylic acids is 2. The molecule has 0 aliphatic rings. The van der Waals surface area contributed by atoms with Crippen molar-refractivity contribution in [2.45, 2.75) is 0 Å². The number of hydroxylamine groups is 1. The lowest BCUT2D eigenvalue weighted by atomic mass is 10.2. The molecule has 0 fully saturated rings. The molecule has 0 spiro atoms. The van der Waals surface area contributed by atoms with Gasteiger partial charge >= 0.3 is 11.9 Å². The number of carbonyl (C=O) groups is 2. The molecule has 6 nitrogen and oxygen atoms in total. The molecule has 1 aromatic carbocycles. The first-order valence-electron chi connectivity index (χ1n) is 6.53. The highest BCUT2D eigenvalue weighted by Crippen LogP contribution is 2.09. The minimum atomic E-state index is -0.915. The Hall–Kier alpha value is -2.76. The normalized spacial score (nSPS) is 11.6. The maximum Gasteiger partial charge on any atom is 0.376 e. The highest BCUT2D eigenvalue weighted by Gasteiger charge is 2.15. The van der Waals surface area contributed by atoms with Gasteiger partial charge in [-0.2, -0.15) is 0 Å². The number of rotatable bonds is 6. The van der Waals surface area contributed by atoms with Crippen molar-refractivity contribution in [2.24, 2.45) is 0 Å². The van der Waals surface area contributed by atoms with Gasteiger partial charge in [0, 0.05) is 5.56 Å². The fourth-order valence-electron chi connectivity index (χ4n) is 1.17. The van der Waals surface area contributed by atoms with E-state index in [1.807, 2.05) is 0 Å². The SMILES string of the molecule is [2H]C([2H])=C(NO/C(=C\C(=O)OC)C(=O)OC)c1ccccc1. The maximum absolute atomic E-state index is 11.5. The largest absolute Gasteiger partial charge is 0.466 e. The molecule has 0 amide bonds. The minimum Gasteiger partial charge on any atom is -0.466 e. The summed E-state index contributed by atoms with van der Waals surface area (Å²) in [4.78, 5) is 27.7. The van der Waals surface area contributed by atoms with E-state index in [9.17, 15) is 9.59 Å². The average Bonchev–Trinajstić information content (AvgIpc) is 2.53. The lowest BCUT2D eigenvalue weighted by Gasteiger charge is -2.11. The van der Waals surface area contributed by atoms with Crippen LogP contribution >= 0.6 is 0 Å². The molecule has 0 bridgehead atoms. The van der Waals surface area contributed by atoms with Crippen LogP contribution in [0.15, 0.2) is 48.7 Å². The second-order valence-corrected chi connectivity index (χ2v) is 3.47. The van der Waals surface area contributed by atoms with Crippen LogP contribution in [0.4, 0.5) is 0 Å². The van der Waals surface area contributed by atoms with Gasteiger partial charge < -0.3 is 14.3 Å². The third kappa shape index (κ3) is 4.49. The van der Waals surface area contributed by atoms with Crippen molar-refractivity contribution in [1.29, 1.82) is 0 Å². The second-order valence-electron chi connectivity index (χ2n) is 3.47. The quantitative estimate of drug-likeness (QED) is 0.367. The van der Waals surface area contributed by atoms with Crippen LogP contribution in [0.25, 0.3) is 5.70 Å². The number of nitrogens with one attached hydrogen (secondary N) is 1. The van der Waals surface area contributed by atoms with Crippen molar-refractivity contribution >= 4 is 17.6 Å². The minimum absolute atomic E-state index is 0.0141. The Morgan fingerprint density at radius 2 is 1.95 bits per heavy atom. The maximum atomic E-state index is 11.5. The molecule has 1 rings (SSSR count). The Labute approximate surface area is 119 Å². The van der Waals surface area contributed by atoms with Crippen LogP contribution in [0.5, 0.6) is 0 Å². The summed E-state index contributed by atoms with van der Waals surface area (Å²) in [6, 6.07) is 8.50. The summed E-state index contributed by atoms with van der Waals surface area (Å²) in [5.41, 5.74) is 2.83. The molecule has 106 valence electrons. The Bertz CT molecular complexity index is 595. The summed E-state index contributed by atoms with van der Waals surface area (Å²) in [6.07, 6.45) is 0.787. The van der Waals surface area contributed by atoms with Crippen LogP contribution in [0.2, 0.25) is 0 Å². The summed E-state index contributed by atoms with van der Waals surface area (Å²) in [5.74, 6) is -2.20. The molecular weight excluding hydrogens is 262 g/mol. The van der Waals surface area contributed by atoms with Crippen molar-refractivity contribution in [2.75, 3.05) is 14.2 Å². The number of esters is 2. The van der Waals surface area contributed by atoms with Gasteiger partial charge in [-0.25, -0.2) is 15.1 Å². The number of hydrogen-bond donors (Lipinski definition) is 1. The first kappa shape index (κ1) is 12.3. The van der Waals surface area contributed by atoms with E-state index in [1.165, 1.54) is 0 Å². The molecule has 0 unspecified atom stereocenters. The molecule has 0 saturated heterocycles. The van der Waals surface area contributed by atoms with Crippen molar-refractivity contribution < 1.29 is 26.6 Å². The molecule has 0 heterocycles. The van der Waals surface area contributed by atoms with E-state index in [1.54, 1.807) is 30.3 Å². The van der Waals surface area contributed by atoms with Crippen LogP contribution in [0.3, 0.4) is 0 Å². The number of ether oxygens (including phenoxy) is 2. The van der Waals surface area contributed by atoms with Crippen LogP contribution in [0, 0.1) is 0 Å².